The first-order valence-corrected chi connectivity index (χ1v) is 8.15. The van der Waals surface area contributed by atoms with Gasteiger partial charge >= 0.3 is 0 Å². The van der Waals surface area contributed by atoms with Crippen LogP contribution in [0, 0.1) is 13.8 Å². The molecule has 0 aliphatic rings. The largest absolute Gasteiger partial charge is 0.334 e. The van der Waals surface area contributed by atoms with Crippen LogP contribution in [-0.2, 0) is 13.0 Å². The quantitative estimate of drug-likeness (QED) is 0.755. The fourth-order valence-electron chi connectivity index (χ4n) is 2.59. The molecule has 1 N–H and O–H groups in total. The molecule has 6 heteroatoms. The standard InChI is InChI=1S/C18H23N5O/c1-12(19-4)10-17-20-18(24-22-17)16-7-5-15(6-8-16)11-23-14(3)9-13(2)21-23/h5-9,12,19H,10-11H2,1-4H3. The third-order valence-corrected chi connectivity index (χ3v) is 4.09. The summed E-state index contributed by atoms with van der Waals surface area (Å²) in [7, 11) is 1.92. The zero-order valence-electron chi connectivity index (χ0n) is 14.6. The molecule has 1 aromatic carbocycles. The van der Waals surface area contributed by atoms with Gasteiger partial charge in [0, 0.05) is 23.7 Å². The predicted molar refractivity (Wildman–Crippen MR) is 92.8 cm³/mol. The summed E-state index contributed by atoms with van der Waals surface area (Å²) in [4.78, 5) is 4.46. The molecule has 0 aliphatic carbocycles. The Hall–Kier alpha value is -2.47. The first kappa shape index (κ1) is 16.4. The van der Waals surface area contributed by atoms with E-state index in [4.69, 9.17) is 4.52 Å². The van der Waals surface area contributed by atoms with Gasteiger partial charge in [-0.1, -0.05) is 17.3 Å². The number of nitrogens with zero attached hydrogens (tertiary/aromatic N) is 4. The molecule has 0 radical (unpaired) electrons. The first-order valence-electron chi connectivity index (χ1n) is 8.15. The topological polar surface area (TPSA) is 68.8 Å². The van der Waals surface area contributed by atoms with Crippen molar-refractivity contribution in [2.75, 3.05) is 7.05 Å². The Balaban J connectivity index is 1.71. The summed E-state index contributed by atoms with van der Waals surface area (Å²) < 4.78 is 7.38. The highest BCUT2D eigenvalue weighted by Crippen LogP contribution is 2.19. The number of aromatic nitrogens is 4. The minimum absolute atomic E-state index is 0.318. The van der Waals surface area contributed by atoms with Crippen molar-refractivity contribution in [1.29, 1.82) is 0 Å². The van der Waals surface area contributed by atoms with Gasteiger partial charge in [0.15, 0.2) is 5.82 Å². The van der Waals surface area contributed by atoms with Gasteiger partial charge in [-0.15, -0.1) is 0 Å². The highest BCUT2D eigenvalue weighted by atomic mass is 16.5. The van der Waals surface area contributed by atoms with E-state index in [9.17, 15) is 0 Å². The normalized spacial score (nSPS) is 12.5. The summed E-state index contributed by atoms with van der Waals surface area (Å²) in [5, 5.41) is 11.7. The molecule has 6 nitrogen and oxygen atoms in total. The molecule has 0 aliphatic heterocycles. The van der Waals surface area contributed by atoms with E-state index < -0.39 is 0 Å². The van der Waals surface area contributed by atoms with Gasteiger partial charge in [0.25, 0.3) is 5.89 Å². The van der Waals surface area contributed by atoms with Crippen molar-refractivity contribution in [2.24, 2.45) is 0 Å². The molecule has 3 rings (SSSR count). The maximum Gasteiger partial charge on any atom is 0.257 e. The van der Waals surface area contributed by atoms with Crippen molar-refractivity contribution >= 4 is 0 Å². The van der Waals surface area contributed by atoms with Crippen molar-refractivity contribution in [3.05, 3.63) is 53.1 Å². The van der Waals surface area contributed by atoms with Crippen LogP contribution in [0.25, 0.3) is 11.5 Å². The van der Waals surface area contributed by atoms with Crippen LogP contribution in [0.1, 0.15) is 29.7 Å². The maximum absolute atomic E-state index is 5.37. The molecule has 0 fully saturated rings. The van der Waals surface area contributed by atoms with Crippen LogP contribution < -0.4 is 5.32 Å². The monoisotopic (exact) mass is 325 g/mol. The maximum atomic E-state index is 5.37. The van der Waals surface area contributed by atoms with Crippen molar-refractivity contribution < 1.29 is 4.52 Å². The van der Waals surface area contributed by atoms with Gasteiger partial charge in [-0.25, -0.2) is 0 Å². The van der Waals surface area contributed by atoms with Gasteiger partial charge < -0.3 is 9.84 Å². The van der Waals surface area contributed by atoms with Gasteiger partial charge in [-0.05, 0) is 51.6 Å². The van der Waals surface area contributed by atoms with Crippen LogP contribution in [0.3, 0.4) is 0 Å². The van der Waals surface area contributed by atoms with Gasteiger partial charge in [0.05, 0.1) is 12.2 Å². The molecule has 3 aromatic rings. The number of benzene rings is 1. The second kappa shape index (κ2) is 6.97. The molecule has 2 heterocycles. The van der Waals surface area contributed by atoms with Crippen molar-refractivity contribution in [3.8, 4) is 11.5 Å². The minimum Gasteiger partial charge on any atom is -0.334 e. The molecule has 126 valence electrons. The zero-order chi connectivity index (χ0) is 17.1. The highest BCUT2D eigenvalue weighted by molar-refractivity contribution is 5.53. The molecule has 2 aromatic heterocycles. The number of aryl methyl sites for hydroxylation is 2. The Bertz CT molecular complexity index is 803. The van der Waals surface area contributed by atoms with E-state index in [1.54, 1.807) is 0 Å². The fraction of sp³-hybridized carbons (Fsp3) is 0.389. The lowest BCUT2D eigenvalue weighted by Gasteiger charge is -2.05. The van der Waals surface area contributed by atoms with Gasteiger partial charge in [0.2, 0.25) is 0 Å². The second-order valence-corrected chi connectivity index (χ2v) is 6.19. The average molecular weight is 325 g/mol. The Morgan fingerprint density at radius 1 is 1.21 bits per heavy atom. The first-order chi connectivity index (χ1) is 11.5. The van der Waals surface area contributed by atoms with E-state index in [1.165, 1.54) is 5.56 Å². The number of rotatable bonds is 6. The molecular weight excluding hydrogens is 302 g/mol. The van der Waals surface area contributed by atoms with E-state index in [1.807, 2.05) is 30.8 Å². The summed E-state index contributed by atoms with van der Waals surface area (Å²) in [6.07, 6.45) is 0.746. The van der Waals surface area contributed by atoms with Crippen molar-refractivity contribution in [1.82, 2.24) is 25.2 Å². The molecule has 0 spiro atoms. The van der Waals surface area contributed by atoms with Crippen molar-refractivity contribution in [3.63, 3.8) is 0 Å². The summed E-state index contributed by atoms with van der Waals surface area (Å²) >= 11 is 0. The van der Waals surface area contributed by atoms with Crippen LogP contribution >= 0.6 is 0 Å². The minimum atomic E-state index is 0.318. The number of nitrogens with one attached hydrogen (secondary N) is 1. The summed E-state index contributed by atoms with van der Waals surface area (Å²) in [5.41, 5.74) is 4.33. The molecular formula is C18H23N5O. The van der Waals surface area contributed by atoms with Gasteiger partial charge in [-0.3, -0.25) is 4.68 Å². The van der Waals surface area contributed by atoms with E-state index in [0.717, 1.165) is 35.7 Å². The smallest absolute Gasteiger partial charge is 0.257 e. The van der Waals surface area contributed by atoms with E-state index in [0.29, 0.717) is 11.9 Å². The van der Waals surface area contributed by atoms with E-state index in [-0.39, 0.29) is 0 Å². The van der Waals surface area contributed by atoms with Crippen LogP contribution in [0.5, 0.6) is 0 Å². The Morgan fingerprint density at radius 3 is 2.58 bits per heavy atom. The molecule has 1 atom stereocenters. The number of hydrogen-bond donors (Lipinski definition) is 1. The Labute approximate surface area is 141 Å². The molecule has 0 bridgehead atoms. The van der Waals surface area contributed by atoms with Crippen LogP contribution in [-0.4, -0.2) is 33.0 Å². The summed E-state index contributed by atoms with van der Waals surface area (Å²) in [6, 6.07) is 10.6. The Morgan fingerprint density at radius 2 is 1.96 bits per heavy atom. The predicted octanol–water partition coefficient (Wildman–Crippen LogP) is 2.75. The SMILES string of the molecule is CNC(C)Cc1noc(-c2ccc(Cn3nc(C)cc3C)cc2)n1. The van der Waals surface area contributed by atoms with Crippen LogP contribution in [0.2, 0.25) is 0 Å². The molecule has 0 saturated heterocycles. The third kappa shape index (κ3) is 3.71. The molecule has 1 unspecified atom stereocenters. The average Bonchev–Trinajstić information content (AvgIpc) is 3.15. The second-order valence-electron chi connectivity index (χ2n) is 6.19. The number of hydrogen-bond acceptors (Lipinski definition) is 5. The third-order valence-electron chi connectivity index (χ3n) is 4.09. The summed E-state index contributed by atoms with van der Waals surface area (Å²) in [6.45, 7) is 6.92. The molecule has 24 heavy (non-hydrogen) atoms. The lowest BCUT2D eigenvalue weighted by atomic mass is 10.1. The number of likely N-dealkylation sites (N-methyl/N-ethyl adjacent to an activating group) is 1. The van der Waals surface area contributed by atoms with Gasteiger partial charge in [0.1, 0.15) is 0 Å². The Kier molecular flexibility index (Phi) is 4.76. The van der Waals surface area contributed by atoms with Crippen molar-refractivity contribution in [2.45, 2.75) is 39.8 Å². The lowest BCUT2D eigenvalue weighted by molar-refractivity contribution is 0.418. The van der Waals surface area contributed by atoms with Gasteiger partial charge in [-0.2, -0.15) is 10.1 Å². The van der Waals surface area contributed by atoms with E-state index >= 15 is 0 Å². The highest BCUT2D eigenvalue weighted by Gasteiger charge is 2.11. The summed E-state index contributed by atoms with van der Waals surface area (Å²) in [5.74, 6) is 1.28. The van der Waals surface area contributed by atoms with Crippen LogP contribution in [0.4, 0.5) is 0 Å². The molecule has 0 amide bonds. The fourth-order valence-corrected chi connectivity index (χ4v) is 2.59. The molecule has 0 saturated carbocycles. The van der Waals surface area contributed by atoms with Crippen LogP contribution in [0.15, 0.2) is 34.9 Å². The zero-order valence-corrected chi connectivity index (χ0v) is 14.6. The lowest BCUT2D eigenvalue weighted by Crippen LogP contribution is -2.24. The van der Waals surface area contributed by atoms with E-state index in [2.05, 4.69) is 52.6 Å².